The molecule has 0 amide bonds. The van der Waals surface area contributed by atoms with E-state index >= 15 is 0 Å². The lowest BCUT2D eigenvalue weighted by atomic mass is 10.1. The lowest BCUT2D eigenvalue weighted by Gasteiger charge is -2.27. The number of ether oxygens (including phenoxy) is 2. The van der Waals surface area contributed by atoms with Gasteiger partial charge in [0.1, 0.15) is 13.2 Å². The Morgan fingerprint density at radius 2 is 2.05 bits per heavy atom. The van der Waals surface area contributed by atoms with Gasteiger partial charge in [0.2, 0.25) is 0 Å². The van der Waals surface area contributed by atoms with Crippen LogP contribution in [-0.2, 0) is 15.9 Å². The van der Waals surface area contributed by atoms with E-state index in [1.165, 1.54) is 5.56 Å². The Kier molecular flexibility index (Phi) is 2.57. The normalized spacial score (nSPS) is 28.3. The average molecular weight is 277 g/mol. The fraction of sp³-hybridized carbons (Fsp3) is 0.385. The zero-order chi connectivity index (χ0) is 12.8. The Morgan fingerprint density at radius 3 is 2.89 bits per heavy atom. The van der Waals surface area contributed by atoms with Crippen LogP contribution in [0.4, 0.5) is 0 Å². The monoisotopic (exact) mass is 277 g/mol. The van der Waals surface area contributed by atoms with Crippen molar-refractivity contribution < 1.29 is 9.47 Å². The molecule has 0 aliphatic carbocycles. The summed E-state index contributed by atoms with van der Waals surface area (Å²) in [7, 11) is -0.839. The van der Waals surface area contributed by atoms with Crippen molar-refractivity contribution in [1.29, 1.82) is 0 Å². The lowest BCUT2D eigenvalue weighted by molar-refractivity contribution is 0.190. The van der Waals surface area contributed by atoms with Gasteiger partial charge in [0.25, 0.3) is 11.8 Å². The van der Waals surface area contributed by atoms with Gasteiger partial charge >= 0.3 is 0 Å². The predicted molar refractivity (Wildman–Crippen MR) is 72.5 cm³/mol. The van der Waals surface area contributed by atoms with E-state index in [0.29, 0.717) is 12.6 Å². The molecule has 2 fully saturated rings. The molecule has 0 spiro atoms. The highest BCUT2D eigenvalue weighted by Crippen LogP contribution is 2.55. The van der Waals surface area contributed by atoms with E-state index in [1.807, 2.05) is 6.07 Å². The highest BCUT2D eigenvalue weighted by Gasteiger charge is 2.49. The summed E-state index contributed by atoms with van der Waals surface area (Å²) in [4.78, 5) is 0. The Balaban J connectivity index is 1.59. The molecule has 2 unspecified atom stereocenters. The molecule has 0 bridgehead atoms. The molecular formula is C13H16N3O2P. The molecule has 0 aromatic heterocycles. The molecule has 100 valence electrons. The third-order valence-electron chi connectivity index (χ3n) is 3.71. The third-order valence-corrected chi connectivity index (χ3v) is 5.53. The molecule has 1 aromatic carbocycles. The molecule has 4 rings (SSSR count). The minimum Gasteiger partial charge on any atom is -0.473 e. The van der Waals surface area contributed by atoms with E-state index in [2.05, 4.69) is 33.6 Å². The molecule has 5 nitrogen and oxygen atoms in total. The zero-order valence-electron chi connectivity index (χ0n) is 10.5. The minimum atomic E-state index is -0.839. The molecule has 2 saturated heterocycles. The molecule has 0 saturated carbocycles. The Hall–Kier alpha value is -1.45. The molecule has 6 heteroatoms. The lowest BCUT2D eigenvalue weighted by Crippen LogP contribution is -2.31. The SMILES string of the molecule is NP1N2CCOC2=C2OCC(Cc3ccccc3)N21. The maximum absolute atomic E-state index is 6.36. The fourth-order valence-electron chi connectivity index (χ4n) is 2.82. The van der Waals surface area contributed by atoms with Gasteiger partial charge in [0.15, 0.2) is 8.37 Å². The molecule has 2 N–H and O–H groups in total. The average Bonchev–Trinajstić information content (AvgIpc) is 3.09. The van der Waals surface area contributed by atoms with E-state index < -0.39 is 8.37 Å². The van der Waals surface area contributed by atoms with Gasteiger partial charge in [-0.3, -0.25) is 14.8 Å². The van der Waals surface area contributed by atoms with Crippen molar-refractivity contribution in [3.63, 3.8) is 0 Å². The van der Waals surface area contributed by atoms with Crippen LogP contribution in [0.3, 0.4) is 0 Å². The van der Waals surface area contributed by atoms with Crippen LogP contribution in [0.2, 0.25) is 0 Å². The van der Waals surface area contributed by atoms with Gasteiger partial charge in [0, 0.05) is 0 Å². The molecular weight excluding hydrogens is 261 g/mol. The summed E-state index contributed by atoms with van der Waals surface area (Å²) in [5.41, 5.74) is 7.68. The van der Waals surface area contributed by atoms with Gasteiger partial charge in [-0.2, -0.15) is 0 Å². The second-order valence-corrected chi connectivity index (χ2v) is 6.46. The van der Waals surface area contributed by atoms with Gasteiger partial charge in [-0.1, -0.05) is 30.3 Å². The van der Waals surface area contributed by atoms with E-state index in [1.54, 1.807) is 0 Å². The van der Waals surface area contributed by atoms with Crippen LogP contribution in [-0.4, -0.2) is 35.1 Å². The van der Waals surface area contributed by atoms with Crippen molar-refractivity contribution in [2.24, 2.45) is 5.50 Å². The summed E-state index contributed by atoms with van der Waals surface area (Å²) in [5, 5.41) is 0. The first kappa shape index (κ1) is 11.4. The standard InChI is InChI=1S/C13H16N3O2P/c14-19-15-6-7-17-12(15)13-16(19)11(9-18-13)8-10-4-2-1-3-5-10/h1-5,11H,6-9,14H2. The van der Waals surface area contributed by atoms with E-state index in [9.17, 15) is 0 Å². The molecule has 19 heavy (non-hydrogen) atoms. The second kappa shape index (κ2) is 4.29. The molecule has 0 radical (unpaired) electrons. The summed E-state index contributed by atoms with van der Waals surface area (Å²) < 4.78 is 15.8. The van der Waals surface area contributed by atoms with Crippen LogP contribution in [0, 0.1) is 0 Å². The van der Waals surface area contributed by atoms with Gasteiger partial charge in [-0.05, 0) is 12.0 Å². The van der Waals surface area contributed by atoms with Crippen LogP contribution < -0.4 is 5.50 Å². The quantitative estimate of drug-likeness (QED) is 0.832. The summed E-state index contributed by atoms with van der Waals surface area (Å²) in [6.45, 7) is 2.29. The van der Waals surface area contributed by atoms with Crippen LogP contribution in [0.25, 0.3) is 0 Å². The Labute approximate surface area is 113 Å². The molecule has 3 aliphatic heterocycles. The number of rotatable bonds is 2. The Morgan fingerprint density at radius 1 is 1.21 bits per heavy atom. The zero-order valence-corrected chi connectivity index (χ0v) is 11.4. The van der Waals surface area contributed by atoms with Crippen LogP contribution in [0.5, 0.6) is 0 Å². The summed E-state index contributed by atoms with van der Waals surface area (Å²) >= 11 is 0. The largest absolute Gasteiger partial charge is 0.473 e. The number of nitrogens with two attached hydrogens (primary N) is 1. The summed E-state index contributed by atoms with van der Waals surface area (Å²) in [5.74, 6) is 1.70. The van der Waals surface area contributed by atoms with Crippen molar-refractivity contribution in [2.75, 3.05) is 19.8 Å². The first-order valence-corrected chi connectivity index (χ1v) is 7.81. The molecule has 2 atom stereocenters. The first-order chi connectivity index (χ1) is 9.34. The number of fused-ring (bicyclic) bond motifs is 2. The minimum absolute atomic E-state index is 0.315. The van der Waals surface area contributed by atoms with Gasteiger partial charge in [-0.15, -0.1) is 0 Å². The molecule has 3 heterocycles. The maximum Gasteiger partial charge on any atom is 0.258 e. The van der Waals surface area contributed by atoms with Gasteiger partial charge in [-0.25, -0.2) is 0 Å². The van der Waals surface area contributed by atoms with Crippen molar-refractivity contribution in [3.05, 3.63) is 47.7 Å². The number of nitrogens with zero attached hydrogens (tertiary/aromatic N) is 2. The van der Waals surface area contributed by atoms with Crippen molar-refractivity contribution >= 4 is 8.37 Å². The van der Waals surface area contributed by atoms with Crippen LogP contribution in [0.15, 0.2) is 42.1 Å². The third kappa shape index (κ3) is 1.69. The van der Waals surface area contributed by atoms with Crippen LogP contribution in [0.1, 0.15) is 5.56 Å². The molecule has 3 aliphatic rings. The number of hydrogen-bond donors (Lipinski definition) is 1. The van der Waals surface area contributed by atoms with E-state index in [0.717, 1.165) is 31.3 Å². The topological polar surface area (TPSA) is 51.0 Å². The van der Waals surface area contributed by atoms with Crippen molar-refractivity contribution in [3.8, 4) is 0 Å². The number of benzene rings is 1. The molecule has 1 aromatic rings. The number of hydrogen-bond acceptors (Lipinski definition) is 5. The Bertz CT molecular complexity index is 522. The highest BCUT2D eigenvalue weighted by molar-refractivity contribution is 7.50. The fourth-order valence-corrected chi connectivity index (χ4v) is 4.48. The van der Waals surface area contributed by atoms with Crippen LogP contribution >= 0.6 is 8.37 Å². The first-order valence-electron chi connectivity index (χ1n) is 6.50. The van der Waals surface area contributed by atoms with E-state index in [-0.39, 0.29) is 0 Å². The second-order valence-electron chi connectivity index (χ2n) is 4.90. The van der Waals surface area contributed by atoms with Gasteiger partial charge < -0.3 is 9.47 Å². The van der Waals surface area contributed by atoms with Crippen molar-refractivity contribution in [2.45, 2.75) is 12.5 Å². The van der Waals surface area contributed by atoms with Gasteiger partial charge in [0.05, 0.1) is 12.6 Å². The summed E-state index contributed by atoms with van der Waals surface area (Å²) in [6.07, 6.45) is 0.960. The van der Waals surface area contributed by atoms with E-state index in [4.69, 9.17) is 15.0 Å². The highest BCUT2D eigenvalue weighted by atomic mass is 31.1. The predicted octanol–water partition coefficient (Wildman–Crippen LogP) is 1.59. The maximum atomic E-state index is 6.36. The summed E-state index contributed by atoms with van der Waals surface area (Å²) in [6, 6.07) is 10.8. The van der Waals surface area contributed by atoms with Crippen molar-refractivity contribution in [1.82, 2.24) is 9.34 Å². The smallest absolute Gasteiger partial charge is 0.258 e.